The van der Waals surface area contributed by atoms with E-state index in [1.165, 1.54) is 0 Å². The van der Waals surface area contributed by atoms with E-state index in [0.29, 0.717) is 10.7 Å². The molecule has 1 aromatic carbocycles. The zero-order valence-electron chi connectivity index (χ0n) is 10.6. The van der Waals surface area contributed by atoms with Crippen LogP contribution in [0.4, 0.5) is 5.69 Å². The van der Waals surface area contributed by atoms with Crippen LogP contribution >= 0.6 is 34.8 Å². The van der Waals surface area contributed by atoms with Crippen LogP contribution in [-0.2, 0) is 4.79 Å². The summed E-state index contributed by atoms with van der Waals surface area (Å²) in [5.74, 6) is -0.0984. The molecule has 1 aromatic rings. The van der Waals surface area contributed by atoms with Gasteiger partial charge in [0.1, 0.15) is 4.49 Å². The maximum absolute atomic E-state index is 12.2. The number of halogens is 3. The van der Waals surface area contributed by atoms with Crippen LogP contribution in [0.1, 0.15) is 13.8 Å². The lowest BCUT2D eigenvalue weighted by atomic mass is 10.1. The smallest absolute Gasteiger partial charge is 0.228 e. The van der Waals surface area contributed by atoms with E-state index in [4.69, 9.17) is 34.8 Å². The maximum Gasteiger partial charge on any atom is 0.228 e. The Hall–Kier alpha value is -0.700. The second-order valence-corrected chi connectivity index (χ2v) is 6.73. The highest BCUT2D eigenvalue weighted by atomic mass is 35.5. The molecule has 2 unspecified atom stereocenters. The molecule has 19 heavy (non-hydrogen) atoms. The van der Waals surface area contributed by atoms with Crippen LogP contribution in [0, 0.1) is 17.3 Å². The van der Waals surface area contributed by atoms with Gasteiger partial charge in [-0.15, -0.1) is 0 Å². The number of amides is 1. The summed E-state index contributed by atoms with van der Waals surface area (Å²) in [7, 11) is 0. The van der Waals surface area contributed by atoms with Crippen molar-refractivity contribution in [1.82, 2.24) is 0 Å². The van der Waals surface area contributed by atoms with Crippen molar-refractivity contribution in [1.29, 1.82) is 0 Å². The summed E-state index contributed by atoms with van der Waals surface area (Å²) in [5.41, 5.74) is 0.567. The highest BCUT2D eigenvalue weighted by Crippen LogP contribution is 2.60. The number of anilines is 1. The number of nitrogens with one attached hydrogen (secondary N) is 1. The fourth-order valence-corrected chi connectivity index (χ4v) is 2.87. The van der Waals surface area contributed by atoms with Crippen LogP contribution in [0.3, 0.4) is 0 Å². The topological polar surface area (TPSA) is 29.1 Å². The summed E-state index contributed by atoms with van der Waals surface area (Å²) in [6.45, 7) is 4.04. The lowest BCUT2D eigenvalue weighted by Crippen LogP contribution is -2.16. The normalized spacial score (nSPS) is 23.6. The predicted octanol–water partition coefficient (Wildman–Crippen LogP) is 4.87. The fourth-order valence-electron chi connectivity index (χ4n) is 2.41. The number of hydrogen-bond acceptors (Lipinski definition) is 1. The van der Waals surface area contributed by atoms with E-state index in [9.17, 15) is 4.79 Å². The van der Waals surface area contributed by atoms with Crippen molar-refractivity contribution in [2.24, 2.45) is 17.3 Å². The summed E-state index contributed by atoms with van der Waals surface area (Å²) < 4.78 is 0.205. The van der Waals surface area contributed by atoms with E-state index in [1.54, 1.807) is 30.3 Å². The molecule has 102 valence electrons. The minimum Gasteiger partial charge on any atom is -0.326 e. The van der Waals surface area contributed by atoms with Gasteiger partial charge >= 0.3 is 0 Å². The molecule has 0 spiro atoms. The third-order valence-corrected chi connectivity index (χ3v) is 4.08. The van der Waals surface area contributed by atoms with Gasteiger partial charge in [-0.3, -0.25) is 4.79 Å². The second-order valence-electron chi connectivity index (χ2n) is 5.28. The maximum atomic E-state index is 12.2. The summed E-state index contributed by atoms with van der Waals surface area (Å²) in [5, 5.41) is 3.46. The molecule has 1 aliphatic rings. The summed E-state index contributed by atoms with van der Waals surface area (Å²) in [4.78, 5) is 12.2. The first-order valence-electron chi connectivity index (χ1n) is 5.91. The first kappa shape index (κ1) is 14.7. The highest BCUT2D eigenvalue weighted by molar-refractivity contribution is 6.55. The SMILES string of the molecule is CC1(C)C(C=C(Cl)Cl)C1C(=O)Nc1cccc(Cl)c1. The number of carbonyl (C=O) groups is 1. The monoisotopic (exact) mass is 317 g/mol. The van der Waals surface area contributed by atoms with E-state index >= 15 is 0 Å². The van der Waals surface area contributed by atoms with Gasteiger partial charge in [0.2, 0.25) is 5.91 Å². The van der Waals surface area contributed by atoms with Gasteiger partial charge in [-0.25, -0.2) is 0 Å². The van der Waals surface area contributed by atoms with Crippen molar-refractivity contribution in [2.75, 3.05) is 5.32 Å². The van der Waals surface area contributed by atoms with Crippen molar-refractivity contribution in [3.05, 3.63) is 39.9 Å². The van der Waals surface area contributed by atoms with Gasteiger partial charge in [-0.2, -0.15) is 0 Å². The van der Waals surface area contributed by atoms with Crippen LogP contribution in [0.5, 0.6) is 0 Å². The van der Waals surface area contributed by atoms with Gasteiger partial charge in [0.15, 0.2) is 0 Å². The number of hydrogen-bond donors (Lipinski definition) is 1. The molecule has 1 aliphatic carbocycles. The van der Waals surface area contributed by atoms with Crippen molar-refractivity contribution in [2.45, 2.75) is 13.8 Å². The molecule has 0 aromatic heterocycles. The minimum absolute atomic E-state index is 0.0388. The van der Waals surface area contributed by atoms with Gasteiger partial charge in [0.05, 0.1) is 5.92 Å². The lowest BCUT2D eigenvalue weighted by molar-refractivity contribution is -0.118. The third kappa shape index (κ3) is 3.25. The molecule has 2 atom stereocenters. The Morgan fingerprint density at radius 1 is 1.37 bits per heavy atom. The second kappa shape index (κ2) is 5.35. The molecular formula is C14H14Cl3NO. The Morgan fingerprint density at radius 2 is 2.05 bits per heavy atom. The molecule has 0 aliphatic heterocycles. The van der Waals surface area contributed by atoms with Gasteiger partial charge < -0.3 is 5.32 Å². The number of carbonyl (C=O) groups excluding carboxylic acids is 1. The largest absolute Gasteiger partial charge is 0.326 e. The molecule has 5 heteroatoms. The van der Waals surface area contributed by atoms with Gasteiger partial charge in [0.25, 0.3) is 0 Å². The fraction of sp³-hybridized carbons (Fsp3) is 0.357. The molecule has 1 N–H and O–H groups in total. The Morgan fingerprint density at radius 3 is 2.63 bits per heavy atom. The number of allylic oxidation sites excluding steroid dienone is 1. The van der Waals surface area contributed by atoms with Gasteiger partial charge in [-0.1, -0.05) is 54.7 Å². The van der Waals surface area contributed by atoms with Crippen LogP contribution < -0.4 is 5.32 Å². The Kier molecular flexibility index (Phi) is 4.14. The first-order valence-corrected chi connectivity index (χ1v) is 7.05. The molecular weight excluding hydrogens is 305 g/mol. The molecule has 1 amide bonds. The molecule has 0 radical (unpaired) electrons. The van der Waals surface area contributed by atoms with Crippen molar-refractivity contribution in [3.63, 3.8) is 0 Å². The average Bonchev–Trinajstić information content (AvgIpc) is 2.79. The van der Waals surface area contributed by atoms with E-state index in [1.807, 2.05) is 13.8 Å². The summed E-state index contributed by atoms with van der Waals surface area (Å²) in [6.07, 6.45) is 1.73. The predicted molar refractivity (Wildman–Crippen MR) is 80.6 cm³/mol. The molecule has 1 fully saturated rings. The van der Waals surface area contributed by atoms with Crippen LogP contribution in [0.25, 0.3) is 0 Å². The Balaban J connectivity index is 2.08. The minimum atomic E-state index is -0.127. The third-order valence-electron chi connectivity index (χ3n) is 3.59. The Bertz CT molecular complexity index is 535. The average molecular weight is 319 g/mol. The zero-order valence-corrected chi connectivity index (χ0v) is 12.9. The van der Waals surface area contributed by atoms with Gasteiger partial charge in [-0.05, 0) is 35.6 Å². The number of rotatable bonds is 3. The van der Waals surface area contributed by atoms with Crippen LogP contribution in [0.2, 0.25) is 5.02 Å². The van der Waals surface area contributed by atoms with Crippen molar-refractivity contribution >= 4 is 46.4 Å². The molecule has 1 saturated carbocycles. The van der Waals surface area contributed by atoms with Gasteiger partial charge in [0, 0.05) is 10.7 Å². The van der Waals surface area contributed by atoms with Crippen LogP contribution in [0.15, 0.2) is 34.8 Å². The van der Waals surface area contributed by atoms with E-state index < -0.39 is 0 Å². The van der Waals surface area contributed by atoms with Crippen molar-refractivity contribution < 1.29 is 4.79 Å². The molecule has 2 nitrogen and oxygen atoms in total. The zero-order chi connectivity index (χ0) is 14.2. The Labute approximate surface area is 127 Å². The van der Waals surface area contributed by atoms with Crippen LogP contribution in [-0.4, -0.2) is 5.91 Å². The molecule has 0 bridgehead atoms. The van der Waals surface area contributed by atoms with E-state index in [2.05, 4.69) is 5.32 Å². The molecule has 0 saturated heterocycles. The standard InChI is InChI=1S/C14H14Cl3NO/c1-14(2)10(7-11(16)17)12(14)13(19)18-9-5-3-4-8(15)6-9/h3-7,10,12H,1-2H3,(H,18,19). The number of benzene rings is 1. The van der Waals surface area contributed by atoms with E-state index in [-0.39, 0.29) is 27.6 Å². The molecule has 0 heterocycles. The summed E-state index contributed by atoms with van der Waals surface area (Å²) in [6, 6.07) is 7.08. The lowest BCUT2D eigenvalue weighted by Gasteiger charge is -2.06. The quantitative estimate of drug-likeness (QED) is 0.846. The highest BCUT2D eigenvalue weighted by Gasteiger charge is 2.60. The van der Waals surface area contributed by atoms with Crippen molar-refractivity contribution in [3.8, 4) is 0 Å². The van der Waals surface area contributed by atoms with E-state index in [0.717, 1.165) is 0 Å². The molecule has 2 rings (SSSR count). The summed E-state index contributed by atoms with van der Waals surface area (Å²) >= 11 is 17.2. The first-order chi connectivity index (χ1) is 8.82.